The highest BCUT2D eigenvalue weighted by atomic mass is 19.4. The third kappa shape index (κ3) is 2.22. The van der Waals surface area contributed by atoms with Crippen LogP contribution in [0.5, 0.6) is 0 Å². The third-order valence-corrected chi connectivity index (χ3v) is 4.21. The number of hydrogen-bond donors (Lipinski definition) is 1. The van der Waals surface area contributed by atoms with Crippen molar-refractivity contribution in [3.8, 4) is 0 Å². The molecule has 104 valence electrons. The van der Waals surface area contributed by atoms with Gasteiger partial charge >= 0.3 is 6.18 Å². The number of nitrogens with one attached hydrogen (secondary N) is 1. The average molecular weight is 264 g/mol. The predicted molar refractivity (Wildman–Crippen MR) is 61.0 cm³/mol. The molecule has 1 amide bonds. The SMILES string of the molecule is CN(CC1CCC1)C(=O)C1(C(F)(F)F)CCNC1. The average Bonchev–Trinajstić information content (AvgIpc) is 2.71. The number of halogens is 3. The van der Waals surface area contributed by atoms with Crippen LogP contribution in [0.2, 0.25) is 0 Å². The molecule has 1 saturated carbocycles. The first-order valence-corrected chi connectivity index (χ1v) is 6.40. The summed E-state index contributed by atoms with van der Waals surface area (Å²) >= 11 is 0. The Labute approximate surface area is 105 Å². The Bertz CT molecular complexity index is 320. The molecule has 2 fully saturated rings. The molecule has 1 unspecified atom stereocenters. The maximum Gasteiger partial charge on any atom is 0.404 e. The van der Waals surface area contributed by atoms with Crippen molar-refractivity contribution in [1.82, 2.24) is 10.2 Å². The van der Waals surface area contributed by atoms with Crippen LogP contribution >= 0.6 is 0 Å². The van der Waals surface area contributed by atoms with Gasteiger partial charge in [-0.25, -0.2) is 0 Å². The van der Waals surface area contributed by atoms with Crippen LogP contribution in [0.25, 0.3) is 0 Å². The molecule has 1 atom stereocenters. The number of hydrogen-bond acceptors (Lipinski definition) is 2. The summed E-state index contributed by atoms with van der Waals surface area (Å²) in [5, 5.41) is 2.67. The summed E-state index contributed by atoms with van der Waals surface area (Å²) < 4.78 is 39.5. The van der Waals surface area contributed by atoms with Crippen molar-refractivity contribution in [2.75, 3.05) is 26.7 Å². The Morgan fingerprint density at radius 2 is 2.11 bits per heavy atom. The van der Waals surface area contributed by atoms with Crippen molar-refractivity contribution in [2.24, 2.45) is 11.3 Å². The molecule has 1 saturated heterocycles. The van der Waals surface area contributed by atoms with E-state index < -0.39 is 17.5 Å². The van der Waals surface area contributed by atoms with Gasteiger partial charge in [-0.2, -0.15) is 13.2 Å². The molecule has 0 aromatic carbocycles. The first-order chi connectivity index (χ1) is 8.37. The van der Waals surface area contributed by atoms with Gasteiger partial charge in [0, 0.05) is 20.1 Å². The van der Waals surface area contributed by atoms with E-state index >= 15 is 0 Å². The van der Waals surface area contributed by atoms with E-state index in [0.29, 0.717) is 12.5 Å². The number of amides is 1. The topological polar surface area (TPSA) is 32.3 Å². The first-order valence-electron chi connectivity index (χ1n) is 6.40. The molecule has 1 N–H and O–H groups in total. The molecular formula is C12H19F3N2O. The van der Waals surface area contributed by atoms with Gasteiger partial charge in [-0.3, -0.25) is 4.79 Å². The lowest BCUT2D eigenvalue weighted by molar-refractivity contribution is -0.221. The lowest BCUT2D eigenvalue weighted by Gasteiger charge is -2.36. The van der Waals surface area contributed by atoms with E-state index in [-0.39, 0.29) is 19.5 Å². The number of carbonyl (C=O) groups is 1. The fourth-order valence-electron chi connectivity index (χ4n) is 2.75. The standard InChI is InChI=1S/C12H19F3N2O/c1-17(7-9-3-2-4-9)10(18)11(12(13,14)15)5-6-16-8-11/h9,16H,2-8H2,1H3. The van der Waals surface area contributed by atoms with Crippen LogP contribution in [0.4, 0.5) is 13.2 Å². The minimum absolute atomic E-state index is 0.148. The van der Waals surface area contributed by atoms with Gasteiger partial charge in [-0.15, -0.1) is 0 Å². The maximum absolute atomic E-state index is 13.2. The lowest BCUT2D eigenvalue weighted by Crippen LogP contribution is -2.53. The minimum Gasteiger partial charge on any atom is -0.345 e. The van der Waals surface area contributed by atoms with Crippen molar-refractivity contribution in [1.29, 1.82) is 0 Å². The number of carbonyl (C=O) groups excluding carboxylic acids is 1. The largest absolute Gasteiger partial charge is 0.404 e. The summed E-state index contributed by atoms with van der Waals surface area (Å²) in [5.74, 6) is -0.384. The third-order valence-electron chi connectivity index (χ3n) is 4.21. The van der Waals surface area contributed by atoms with Crippen molar-refractivity contribution >= 4 is 5.91 Å². The molecule has 6 heteroatoms. The zero-order chi connectivity index (χ0) is 13.4. The number of nitrogens with zero attached hydrogens (tertiary/aromatic N) is 1. The minimum atomic E-state index is -4.47. The van der Waals surface area contributed by atoms with Gasteiger partial charge in [-0.1, -0.05) is 6.42 Å². The molecule has 18 heavy (non-hydrogen) atoms. The van der Waals surface area contributed by atoms with E-state index in [1.807, 2.05) is 0 Å². The first kappa shape index (κ1) is 13.6. The van der Waals surface area contributed by atoms with Crippen molar-refractivity contribution < 1.29 is 18.0 Å². The fraction of sp³-hybridized carbons (Fsp3) is 0.917. The summed E-state index contributed by atoms with van der Waals surface area (Å²) in [6.07, 6.45) is -1.45. The molecule has 1 aliphatic carbocycles. The quantitative estimate of drug-likeness (QED) is 0.843. The zero-order valence-corrected chi connectivity index (χ0v) is 10.5. The van der Waals surface area contributed by atoms with Crippen LogP contribution in [0.1, 0.15) is 25.7 Å². The second-order valence-corrected chi connectivity index (χ2v) is 5.49. The van der Waals surface area contributed by atoms with Crippen LogP contribution in [-0.2, 0) is 4.79 Å². The van der Waals surface area contributed by atoms with E-state index in [0.717, 1.165) is 19.3 Å². The highest BCUT2D eigenvalue weighted by Crippen LogP contribution is 2.44. The monoisotopic (exact) mass is 264 g/mol. The summed E-state index contributed by atoms with van der Waals surface area (Å²) in [4.78, 5) is 13.4. The number of alkyl halides is 3. The summed E-state index contributed by atoms with van der Waals surface area (Å²) in [6, 6.07) is 0. The van der Waals surface area contributed by atoms with E-state index in [9.17, 15) is 18.0 Å². The Morgan fingerprint density at radius 1 is 1.44 bits per heavy atom. The van der Waals surface area contributed by atoms with Gasteiger partial charge in [0.2, 0.25) is 5.91 Å². The highest BCUT2D eigenvalue weighted by Gasteiger charge is 2.62. The highest BCUT2D eigenvalue weighted by molar-refractivity contribution is 5.84. The molecule has 2 aliphatic rings. The summed E-state index contributed by atoms with van der Waals surface area (Å²) in [6.45, 7) is 0.420. The normalized spacial score (nSPS) is 29.1. The zero-order valence-electron chi connectivity index (χ0n) is 10.5. The fourth-order valence-corrected chi connectivity index (χ4v) is 2.75. The second kappa shape index (κ2) is 4.72. The van der Waals surface area contributed by atoms with E-state index in [1.54, 1.807) is 0 Å². The van der Waals surface area contributed by atoms with Crippen molar-refractivity contribution in [3.05, 3.63) is 0 Å². The Morgan fingerprint density at radius 3 is 2.50 bits per heavy atom. The van der Waals surface area contributed by atoms with Gasteiger partial charge in [0.05, 0.1) is 0 Å². The van der Waals surface area contributed by atoms with E-state index in [4.69, 9.17) is 0 Å². The maximum atomic E-state index is 13.2. The Balaban J connectivity index is 2.08. The summed E-state index contributed by atoms with van der Waals surface area (Å²) in [7, 11) is 1.49. The predicted octanol–water partition coefficient (Wildman–Crippen LogP) is 1.79. The van der Waals surface area contributed by atoms with Crippen LogP contribution in [-0.4, -0.2) is 43.7 Å². The molecule has 3 nitrogen and oxygen atoms in total. The van der Waals surface area contributed by atoms with Crippen LogP contribution in [0, 0.1) is 11.3 Å². The van der Waals surface area contributed by atoms with Crippen LogP contribution in [0.15, 0.2) is 0 Å². The van der Waals surface area contributed by atoms with Gasteiger partial charge in [0.1, 0.15) is 0 Å². The molecule has 1 aliphatic heterocycles. The summed E-state index contributed by atoms with van der Waals surface area (Å²) in [5.41, 5.74) is -2.20. The Hall–Kier alpha value is -0.780. The van der Waals surface area contributed by atoms with E-state index in [1.165, 1.54) is 11.9 Å². The van der Waals surface area contributed by atoms with Crippen LogP contribution < -0.4 is 5.32 Å². The van der Waals surface area contributed by atoms with E-state index in [2.05, 4.69) is 5.32 Å². The molecule has 0 radical (unpaired) electrons. The molecule has 0 aromatic heterocycles. The molecule has 0 spiro atoms. The molecule has 2 rings (SSSR count). The van der Waals surface area contributed by atoms with Crippen molar-refractivity contribution in [2.45, 2.75) is 31.9 Å². The van der Waals surface area contributed by atoms with Gasteiger partial charge in [0.15, 0.2) is 5.41 Å². The molecule has 0 bridgehead atoms. The smallest absolute Gasteiger partial charge is 0.345 e. The van der Waals surface area contributed by atoms with Gasteiger partial charge < -0.3 is 10.2 Å². The second-order valence-electron chi connectivity index (χ2n) is 5.49. The van der Waals surface area contributed by atoms with Crippen molar-refractivity contribution in [3.63, 3.8) is 0 Å². The van der Waals surface area contributed by atoms with Gasteiger partial charge in [-0.05, 0) is 31.7 Å². The van der Waals surface area contributed by atoms with Crippen LogP contribution in [0.3, 0.4) is 0 Å². The Kier molecular flexibility index (Phi) is 3.58. The van der Waals surface area contributed by atoms with Gasteiger partial charge in [0.25, 0.3) is 0 Å². The molecule has 1 heterocycles. The number of rotatable bonds is 3. The lowest BCUT2D eigenvalue weighted by atomic mass is 9.82. The molecular weight excluding hydrogens is 245 g/mol. The molecule has 0 aromatic rings.